The molecule has 9 heteroatoms. The van der Waals surface area contributed by atoms with Gasteiger partial charge in [0.1, 0.15) is 23.1 Å². The predicted molar refractivity (Wildman–Crippen MR) is 106 cm³/mol. The van der Waals surface area contributed by atoms with Crippen molar-refractivity contribution in [3.05, 3.63) is 45.8 Å². The van der Waals surface area contributed by atoms with Crippen LogP contribution in [0.15, 0.2) is 33.8 Å². The molecule has 28 heavy (non-hydrogen) atoms. The summed E-state index contributed by atoms with van der Waals surface area (Å²) in [4.78, 5) is 22.0. The first-order valence-corrected chi connectivity index (χ1v) is 9.38. The number of benzene rings is 1. The molecule has 0 bridgehead atoms. The average molecular weight is 402 g/mol. The molecular formula is C19H20ClN5O3. The van der Waals surface area contributed by atoms with Crippen LogP contribution in [0.4, 0.5) is 0 Å². The van der Waals surface area contributed by atoms with Crippen molar-refractivity contribution in [3.8, 4) is 11.5 Å². The van der Waals surface area contributed by atoms with Gasteiger partial charge in [-0.1, -0.05) is 23.7 Å². The Morgan fingerprint density at radius 1 is 1.32 bits per heavy atom. The molecule has 0 saturated heterocycles. The Balaban J connectivity index is 2.08. The molecule has 0 aliphatic rings. The Hall–Kier alpha value is -2.71. The van der Waals surface area contributed by atoms with Crippen molar-refractivity contribution in [2.75, 3.05) is 0 Å². The van der Waals surface area contributed by atoms with Crippen LogP contribution < -0.4 is 5.56 Å². The molecule has 4 rings (SSSR count). The second-order valence-corrected chi connectivity index (χ2v) is 7.80. The van der Waals surface area contributed by atoms with Crippen molar-refractivity contribution in [2.45, 2.75) is 45.8 Å². The van der Waals surface area contributed by atoms with Crippen molar-refractivity contribution in [1.29, 1.82) is 0 Å². The second-order valence-electron chi connectivity index (χ2n) is 7.36. The van der Waals surface area contributed by atoms with Gasteiger partial charge in [0.25, 0.3) is 11.4 Å². The van der Waals surface area contributed by atoms with Crippen LogP contribution in [0.3, 0.4) is 0 Å². The molecule has 4 aromatic rings. The average Bonchev–Trinajstić information content (AvgIpc) is 3.28. The number of nitrogens with zero attached hydrogens (tertiary/aromatic N) is 5. The molecule has 1 N–H and O–H groups in total. The van der Waals surface area contributed by atoms with Gasteiger partial charge in [-0.3, -0.25) is 9.20 Å². The first-order chi connectivity index (χ1) is 13.2. The van der Waals surface area contributed by atoms with E-state index in [-0.39, 0.29) is 23.3 Å². The Morgan fingerprint density at radius 2 is 2.07 bits per heavy atom. The van der Waals surface area contributed by atoms with Gasteiger partial charge in [0, 0.05) is 11.1 Å². The Labute approximate surface area is 165 Å². The summed E-state index contributed by atoms with van der Waals surface area (Å²) < 4.78 is 8.59. The first kappa shape index (κ1) is 18.6. The topological polar surface area (TPSA) is 98.5 Å². The smallest absolute Gasteiger partial charge is 0.278 e. The zero-order valence-electron chi connectivity index (χ0n) is 16.0. The minimum atomic E-state index is -1.29. The van der Waals surface area contributed by atoms with Gasteiger partial charge in [-0.2, -0.15) is 4.98 Å². The number of imidazole rings is 1. The number of halogens is 1. The van der Waals surface area contributed by atoms with E-state index in [9.17, 15) is 9.90 Å². The molecule has 0 radical (unpaired) electrons. The zero-order valence-corrected chi connectivity index (χ0v) is 16.7. The predicted octanol–water partition coefficient (Wildman–Crippen LogP) is 3.55. The molecule has 0 saturated carbocycles. The van der Waals surface area contributed by atoms with Gasteiger partial charge in [0.05, 0.1) is 11.0 Å². The van der Waals surface area contributed by atoms with E-state index in [1.807, 2.05) is 19.9 Å². The summed E-state index contributed by atoms with van der Waals surface area (Å²) in [5, 5.41) is 14.6. The lowest BCUT2D eigenvalue weighted by Gasteiger charge is -2.18. The summed E-state index contributed by atoms with van der Waals surface area (Å²) in [6.07, 6.45) is 2.33. The number of hydrogen-bond acceptors (Lipinski definition) is 6. The molecule has 1 aromatic carbocycles. The van der Waals surface area contributed by atoms with Gasteiger partial charge in [0.2, 0.25) is 5.82 Å². The lowest BCUT2D eigenvalue weighted by atomic mass is 10.1. The first-order valence-electron chi connectivity index (χ1n) is 9.00. The van der Waals surface area contributed by atoms with Crippen LogP contribution in [0.1, 0.15) is 46.0 Å². The van der Waals surface area contributed by atoms with Gasteiger partial charge in [0.15, 0.2) is 0 Å². The Kier molecular flexibility index (Phi) is 4.28. The van der Waals surface area contributed by atoms with E-state index < -0.39 is 5.60 Å². The molecule has 0 spiro atoms. The standard InChI is InChI=1S/C19H20ClN5O3/c1-5-10(2)25-13-8-11(20)6-7-12(13)24-9-21-14(15(24)17(25)26)16-22-18(28-23-16)19(3,4)27/h6-10,27H,5H2,1-4H3. The quantitative estimate of drug-likeness (QED) is 0.561. The van der Waals surface area contributed by atoms with Crippen molar-refractivity contribution < 1.29 is 9.63 Å². The van der Waals surface area contributed by atoms with Crippen LogP contribution in [0, 0.1) is 0 Å². The molecule has 0 aliphatic carbocycles. The lowest BCUT2D eigenvalue weighted by molar-refractivity contribution is 0.0420. The van der Waals surface area contributed by atoms with Crippen LogP contribution in [0.25, 0.3) is 28.1 Å². The van der Waals surface area contributed by atoms with E-state index in [2.05, 4.69) is 15.1 Å². The summed E-state index contributed by atoms with van der Waals surface area (Å²) in [6.45, 7) is 7.09. The highest BCUT2D eigenvalue weighted by molar-refractivity contribution is 6.31. The molecule has 0 amide bonds. The third-order valence-corrected chi connectivity index (χ3v) is 5.07. The maximum Gasteiger partial charge on any atom is 0.278 e. The monoisotopic (exact) mass is 401 g/mol. The number of aliphatic hydroxyl groups is 1. The third kappa shape index (κ3) is 2.80. The molecule has 8 nitrogen and oxygen atoms in total. The van der Waals surface area contributed by atoms with Crippen molar-refractivity contribution in [1.82, 2.24) is 24.1 Å². The fraction of sp³-hybridized carbons (Fsp3) is 0.368. The third-order valence-electron chi connectivity index (χ3n) is 4.84. The zero-order chi connectivity index (χ0) is 20.2. The van der Waals surface area contributed by atoms with Crippen molar-refractivity contribution in [2.24, 2.45) is 0 Å². The number of hydrogen-bond donors (Lipinski definition) is 1. The van der Waals surface area contributed by atoms with Crippen LogP contribution in [-0.4, -0.2) is 29.2 Å². The Morgan fingerprint density at radius 3 is 2.71 bits per heavy atom. The van der Waals surface area contributed by atoms with Gasteiger partial charge < -0.3 is 14.2 Å². The SMILES string of the molecule is CCC(C)n1c(=O)c2c(-c3noc(C(C)(C)O)n3)ncn2c2ccc(Cl)cc21. The largest absolute Gasteiger partial charge is 0.381 e. The number of rotatable bonds is 4. The normalized spacial score (nSPS) is 13.5. The van der Waals surface area contributed by atoms with Gasteiger partial charge in [-0.25, -0.2) is 4.98 Å². The van der Waals surface area contributed by atoms with Gasteiger partial charge >= 0.3 is 0 Å². The van der Waals surface area contributed by atoms with E-state index in [0.29, 0.717) is 16.2 Å². The highest BCUT2D eigenvalue weighted by Gasteiger charge is 2.27. The fourth-order valence-electron chi connectivity index (χ4n) is 3.20. The van der Waals surface area contributed by atoms with Crippen molar-refractivity contribution in [3.63, 3.8) is 0 Å². The van der Waals surface area contributed by atoms with Gasteiger partial charge in [-0.05, 0) is 45.4 Å². The summed E-state index contributed by atoms with van der Waals surface area (Å²) in [6, 6.07) is 5.37. The molecule has 146 valence electrons. The molecule has 1 unspecified atom stereocenters. The lowest BCUT2D eigenvalue weighted by Crippen LogP contribution is -2.25. The molecule has 3 aromatic heterocycles. The maximum absolute atomic E-state index is 13.4. The van der Waals surface area contributed by atoms with Gasteiger partial charge in [-0.15, -0.1) is 0 Å². The molecule has 3 heterocycles. The fourth-order valence-corrected chi connectivity index (χ4v) is 3.37. The van der Waals surface area contributed by atoms with E-state index >= 15 is 0 Å². The molecule has 1 atom stereocenters. The molecular weight excluding hydrogens is 382 g/mol. The van der Waals surface area contributed by atoms with Crippen molar-refractivity contribution >= 4 is 28.2 Å². The van der Waals surface area contributed by atoms with E-state index in [1.165, 1.54) is 0 Å². The highest BCUT2D eigenvalue weighted by atomic mass is 35.5. The number of aromatic nitrogens is 5. The molecule has 0 fully saturated rings. The second kappa shape index (κ2) is 6.42. The van der Waals surface area contributed by atoms with Crippen LogP contribution in [0.5, 0.6) is 0 Å². The summed E-state index contributed by atoms with van der Waals surface area (Å²) in [7, 11) is 0. The molecule has 0 aliphatic heterocycles. The van der Waals surface area contributed by atoms with Crippen LogP contribution >= 0.6 is 11.6 Å². The summed E-state index contributed by atoms with van der Waals surface area (Å²) >= 11 is 6.19. The van der Waals surface area contributed by atoms with E-state index in [4.69, 9.17) is 16.1 Å². The summed E-state index contributed by atoms with van der Waals surface area (Å²) in [5.41, 5.74) is 0.668. The minimum Gasteiger partial charge on any atom is -0.381 e. The van der Waals surface area contributed by atoms with E-state index in [0.717, 1.165) is 17.5 Å². The summed E-state index contributed by atoms with van der Waals surface area (Å²) in [5.74, 6) is 0.208. The van der Waals surface area contributed by atoms with E-state index in [1.54, 1.807) is 41.3 Å². The number of fused-ring (bicyclic) bond motifs is 3. The van der Waals surface area contributed by atoms with Crippen LogP contribution in [0.2, 0.25) is 5.02 Å². The maximum atomic E-state index is 13.4. The van der Waals surface area contributed by atoms with Crippen LogP contribution in [-0.2, 0) is 5.60 Å². The highest BCUT2D eigenvalue weighted by Crippen LogP contribution is 2.27. The Bertz CT molecular complexity index is 1250. The minimum absolute atomic E-state index is 0.0431.